The number of aryl methyl sites for hydroxylation is 1. The second-order valence-corrected chi connectivity index (χ2v) is 5.64. The Balaban J connectivity index is 2.08. The maximum atomic E-state index is 5.91. The van der Waals surface area contributed by atoms with E-state index in [2.05, 4.69) is 17.2 Å². The number of ether oxygens (including phenoxy) is 1. The Labute approximate surface area is 131 Å². The van der Waals surface area contributed by atoms with Crippen LogP contribution in [0, 0.1) is 13.8 Å². The monoisotopic (exact) mass is 304 g/mol. The van der Waals surface area contributed by atoms with Gasteiger partial charge in [0.15, 0.2) is 0 Å². The Kier molecular flexibility index (Phi) is 5.21. The van der Waals surface area contributed by atoms with E-state index in [0.29, 0.717) is 6.54 Å². The first-order valence-corrected chi connectivity index (χ1v) is 7.38. The molecule has 0 spiro atoms. The molecule has 112 valence electrons. The average molecular weight is 305 g/mol. The van der Waals surface area contributed by atoms with E-state index in [1.165, 1.54) is 5.56 Å². The van der Waals surface area contributed by atoms with Gasteiger partial charge in [-0.25, -0.2) is 0 Å². The molecule has 0 bridgehead atoms. The van der Waals surface area contributed by atoms with E-state index in [1.54, 1.807) is 7.11 Å². The highest BCUT2D eigenvalue weighted by Crippen LogP contribution is 2.24. The fourth-order valence-electron chi connectivity index (χ4n) is 2.37. The molecule has 1 atom stereocenters. The molecule has 2 aromatic rings. The van der Waals surface area contributed by atoms with Crippen molar-refractivity contribution in [2.24, 2.45) is 0 Å². The number of hydrogen-bond acceptors (Lipinski definition) is 3. The van der Waals surface area contributed by atoms with Gasteiger partial charge in [-0.1, -0.05) is 23.7 Å². The molecule has 3 nitrogen and oxygen atoms in total. The zero-order valence-electron chi connectivity index (χ0n) is 12.9. The molecule has 0 aliphatic heterocycles. The van der Waals surface area contributed by atoms with Crippen LogP contribution in [0.5, 0.6) is 5.75 Å². The number of methoxy groups -OCH3 is 1. The molecule has 0 aliphatic rings. The van der Waals surface area contributed by atoms with Crippen molar-refractivity contribution in [2.75, 3.05) is 7.11 Å². The summed E-state index contributed by atoms with van der Waals surface area (Å²) in [5, 5.41) is 4.24. The minimum atomic E-state index is 0.232. The van der Waals surface area contributed by atoms with Crippen molar-refractivity contribution >= 4 is 11.6 Å². The molecule has 1 aromatic heterocycles. The maximum Gasteiger partial charge on any atom is 0.128 e. The summed E-state index contributed by atoms with van der Waals surface area (Å²) in [6.07, 6.45) is 1.86. The Morgan fingerprint density at radius 2 is 1.90 bits per heavy atom. The van der Waals surface area contributed by atoms with Crippen LogP contribution in [0.3, 0.4) is 0 Å². The van der Waals surface area contributed by atoms with Crippen molar-refractivity contribution in [3.8, 4) is 5.75 Å². The lowest BCUT2D eigenvalue weighted by atomic mass is 10.1. The van der Waals surface area contributed by atoms with Gasteiger partial charge in [0.05, 0.1) is 12.8 Å². The quantitative estimate of drug-likeness (QED) is 0.898. The first kappa shape index (κ1) is 15.8. The van der Waals surface area contributed by atoms with Crippen molar-refractivity contribution < 1.29 is 4.74 Å². The Hall–Kier alpha value is -1.58. The van der Waals surface area contributed by atoms with Crippen LogP contribution in [0.15, 0.2) is 30.5 Å². The number of nitrogens with one attached hydrogen (secondary N) is 1. The van der Waals surface area contributed by atoms with Crippen LogP contribution in [0.2, 0.25) is 5.02 Å². The molecular weight excluding hydrogens is 284 g/mol. The van der Waals surface area contributed by atoms with Crippen LogP contribution >= 0.6 is 11.6 Å². The Bertz CT molecular complexity index is 611. The van der Waals surface area contributed by atoms with Crippen molar-refractivity contribution in [1.29, 1.82) is 0 Å². The van der Waals surface area contributed by atoms with Crippen molar-refractivity contribution in [2.45, 2.75) is 33.4 Å². The van der Waals surface area contributed by atoms with Crippen LogP contribution < -0.4 is 10.1 Å². The Morgan fingerprint density at radius 1 is 1.24 bits per heavy atom. The molecule has 21 heavy (non-hydrogen) atoms. The lowest BCUT2D eigenvalue weighted by Crippen LogP contribution is -2.19. The first-order chi connectivity index (χ1) is 10.0. The number of nitrogens with zero attached hydrogens (tertiary/aromatic N) is 1. The van der Waals surface area contributed by atoms with Crippen LogP contribution in [0.25, 0.3) is 0 Å². The third kappa shape index (κ3) is 3.74. The average Bonchev–Trinajstić information content (AvgIpc) is 2.47. The summed E-state index contributed by atoms with van der Waals surface area (Å²) < 4.78 is 5.44. The normalized spacial score (nSPS) is 12.2. The van der Waals surface area contributed by atoms with Gasteiger partial charge in [-0.3, -0.25) is 4.98 Å². The van der Waals surface area contributed by atoms with Crippen LogP contribution in [0.1, 0.15) is 35.3 Å². The highest BCUT2D eigenvalue weighted by molar-refractivity contribution is 6.30. The fraction of sp³-hybridized carbons (Fsp3) is 0.353. The zero-order chi connectivity index (χ0) is 15.4. The minimum Gasteiger partial charge on any atom is -0.496 e. The highest BCUT2D eigenvalue weighted by atomic mass is 35.5. The van der Waals surface area contributed by atoms with E-state index in [9.17, 15) is 0 Å². The number of aromatic nitrogens is 1. The number of pyridine rings is 1. The van der Waals surface area contributed by atoms with Gasteiger partial charge < -0.3 is 10.1 Å². The third-order valence-electron chi connectivity index (χ3n) is 3.70. The number of benzene rings is 1. The molecule has 1 heterocycles. The number of rotatable bonds is 5. The summed E-state index contributed by atoms with van der Waals surface area (Å²) in [7, 11) is 1.70. The molecule has 4 heteroatoms. The van der Waals surface area contributed by atoms with Crippen molar-refractivity contribution in [1.82, 2.24) is 10.3 Å². The molecule has 0 aliphatic carbocycles. The van der Waals surface area contributed by atoms with E-state index >= 15 is 0 Å². The molecule has 1 N–H and O–H groups in total. The summed E-state index contributed by atoms with van der Waals surface area (Å²) in [6, 6.07) is 8.13. The van der Waals surface area contributed by atoms with E-state index in [4.69, 9.17) is 16.3 Å². The van der Waals surface area contributed by atoms with Crippen LogP contribution in [-0.4, -0.2) is 12.1 Å². The van der Waals surface area contributed by atoms with Gasteiger partial charge in [-0.15, -0.1) is 0 Å². The van der Waals surface area contributed by atoms with Gasteiger partial charge in [0, 0.05) is 34.9 Å². The molecular formula is C17H21ClN2O. The van der Waals surface area contributed by atoms with E-state index < -0.39 is 0 Å². The number of halogens is 1. The standard InChI is InChI=1S/C17H21ClN2O/c1-11-9-20-16(12(2)17(11)21-4)10-19-13(3)14-5-7-15(18)8-6-14/h5-9,13,19H,10H2,1-4H3/t13-/m0/s1. The second kappa shape index (κ2) is 6.92. The van der Waals surface area contributed by atoms with E-state index in [-0.39, 0.29) is 6.04 Å². The summed E-state index contributed by atoms with van der Waals surface area (Å²) in [5.74, 6) is 0.918. The summed E-state index contributed by atoms with van der Waals surface area (Å²) >= 11 is 5.91. The molecule has 0 saturated carbocycles. The van der Waals surface area contributed by atoms with Crippen molar-refractivity contribution in [3.05, 3.63) is 57.9 Å². The molecule has 0 radical (unpaired) electrons. The van der Waals surface area contributed by atoms with Gasteiger partial charge in [0.25, 0.3) is 0 Å². The Morgan fingerprint density at radius 3 is 2.52 bits per heavy atom. The van der Waals surface area contributed by atoms with E-state index in [0.717, 1.165) is 27.6 Å². The molecule has 0 saturated heterocycles. The predicted octanol–water partition coefficient (Wildman–Crippen LogP) is 4.21. The predicted molar refractivity (Wildman–Crippen MR) is 87.0 cm³/mol. The highest BCUT2D eigenvalue weighted by Gasteiger charge is 2.11. The minimum absolute atomic E-state index is 0.232. The van der Waals surface area contributed by atoms with Gasteiger partial charge in [-0.2, -0.15) is 0 Å². The number of hydrogen-bond donors (Lipinski definition) is 1. The second-order valence-electron chi connectivity index (χ2n) is 5.20. The van der Waals surface area contributed by atoms with Gasteiger partial charge in [0.2, 0.25) is 0 Å². The molecule has 0 unspecified atom stereocenters. The van der Waals surface area contributed by atoms with Crippen LogP contribution in [-0.2, 0) is 6.54 Å². The van der Waals surface area contributed by atoms with Gasteiger partial charge in [0.1, 0.15) is 5.75 Å². The third-order valence-corrected chi connectivity index (χ3v) is 3.95. The fourth-order valence-corrected chi connectivity index (χ4v) is 2.49. The van der Waals surface area contributed by atoms with Gasteiger partial charge in [-0.05, 0) is 38.5 Å². The molecule has 0 fully saturated rings. The smallest absolute Gasteiger partial charge is 0.128 e. The molecule has 2 rings (SSSR count). The van der Waals surface area contributed by atoms with Gasteiger partial charge >= 0.3 is 0 Å². The lowest BCUT2D eigenvalue weighted by Gasteiger charge is -2.17. The zero-order valence-corrected chi connectivity index (χ0v) is 13.7. The van der Waals surface area contributed by atoms with Crippen molar-refractivity contribution in [3.63, 3.8) is 0 Å². The SMILES string of the molecule is COc1c(C)cnc(CN[C@@H](C)c2ccc(Cl)cc2)c1C. The van der Waals surface area contributed by atoms with E-state index in [1.807, 2.05) is 44.3 Å². The topological polar surface area (TPSA) is 34.1 Å². The summed E-state index contributed by atoms with van der Waals surface area (Å²) in [6.45, 7) is 6.88. The molecule has 1 aromatic carbocycles. The first-order valence-electron chi connectivity index (χ1n) is 7.01. The maximum absolute atomic E-state index is 5.91. The lowest BCUT2D eigenvalue weighted by molar-refractivity contribution is 0.406. The largest absolute Gasteiger partial charge is 0.496 e. The van der Waals surface area contributed by atoms with Crippen LogP contribution in [0.4, 0.5) is 0 Å². The summed E-state index contributed by atoms with van der Waals surface area (Å²) in [4.78, 5) is 4.50. The summed E-state index contributed by atoms with van der Waals surface area (Å²) in [5.41, 5.74) is 4.37. The molecule has 0 amide bonds.